The number of carbonyl (C=O) groups excluding carboxylic acids is 1. The summed E-state index contributed by atoms with van der Waals surface area (Å²) in [6, 6.07) is 15.6. The molecule has 3 rings (SSSR count). The molecule has 144 valence electrons. The van der Waals surface area contributed by atoms with E-state index in [0.717, 1.165) is 44.2 Å². The lowest BCUT2D eigenvalue weighted by Gasteiger charge is -2.31. The van der Waals surface area contributed by atoms with Crippen molar-refractivity contribution in [3.63, 3.8) is 0 Å². The van der Waals surface area contributed by atoms with Gasteiger partial charge in [0, 0.05) is 25.2 Å². The van der Waals surface area contributed by atoms with Crippen molar-refractivity contribution in [3.8, 4) is 5.75 Å². The average Bonchev–Trinajstić information content (AvgIpc) is 2.70. The molecular weight excluding hydrogens is 340 g/mol. The van der Waals surface area contributed by atoms with E-state index in [0.29, 0.717) is 12.2 Å². The van der Waals surface area contributed by atoms with Crippen LogP contribution in [0.15, 0.2) is 48.5 Å². The first kappa shape index (κ1) is 19.4. The van der Waals surface area contributed by atoms with Crippen LogP contribution in [-0.4, -0.2) is 50.3 Å². The van der Waals surface area contributed by atoms with E-state index in [1.165, 1.54) is 5.56 Å². The molecule has 0 unspecified atom stereocenters. The lowest BCUT2D eigenvalue weighted by atomic mass is 10.0. The van der Waals surface area contributed by atoms with E-state index in [2.05, 4.69) is 41.4 Å². The van der Waals surface area contributed by atoms with Gasteiger partial charge in [-0.2, -0.15) is 0 Å². The van der Waals surface area contributed by atoms with Crippen LogP contribution in [0, 0.1) is 6.92 Å². The van der Waals surface area contributed by atoms with Gasteiger partial charge >= 0.3 is 0 Å². The van der Waals surface area contributed by atoms with Gasteiger partial charge in [-0.05, 0) is 43.7 Å². The molecule has 1 amide bonds. The number of rotatable bonds is 7. The van der Waals surface area contributed by atoms with Gasteiger partial charge in [-0.3, -0.25) is 9.69 Å². The van der Waals surface area contributed by atoms with Crippen molar-refractivity contribution < 1.29 is 14.3 Å². The molecule has 0 bridgehead atoms. The zero-order valence-electron chi connectivity index (χ0n) is 16.1. The summed E-state index contributed by atoms with van der Waals surface area (Å²) in [4.78, 5) is 15.2. The summed E-state index contributed by atoms with van der Waals surface area (Å²) < 4.78 is 10.9. The number of amides is 1. The number of hydrogen-bond donors (Lipinski definition) is 1. The Labute approximate surface area is 161 Å². The van der Waals surface area contributed by atoms with E-state index < -0.39 is 0 Å². The third kappa shape index (κ3) is 5.55. The molecule has 1 saturated heterocycles. The summed E-state index contributed by atoms with van der Waals surface area (Å²) in [5.41, 5.74) is 2.96. The van der Waals surface area contributed by atoms with Crippen molar-refractivity contribution in [2.45, 2.75) is 19.9 Å². The van der Waals surface area contributed by atoms with Crippen LogP contribution in [0.2, 0.25) is 0 Å². The van der Waals surface area contributed by atoms with Crippen LogP contribution in [0.25, 0.3) is 0 Å². The molecule has 2 aromatic rings. The number of nitrogens with zero attached hydrogens (tertiary/aromatic N) is 1. The molecule has 5 nitrogen and oxygen atoms in total. The van der Waals surface area contributed by atoms with Crippen LogP contribution in [0.1, 0.15) is 34.5 Å². The normalized spacial score (nSPS) is 15.9. The van der Waals surface area contributed by atoms with Crippen molar-refractivity contribution in [2.24, 2.45) is 0 Å². The van der Waals surface area contributed by atoms with E-state index in [9.17, 15) is 4.79 Å². The molecule has 0 radical (unpaired) electrons. The molecule has 1 aliphatic heterocycles. The van der Waals surface area contributed by atoms with Crippen LogP contribution < -0.4 is 10.1 Å². The summed E-state index contributed by atoms with van der Waals surface area (Å²) in [5.74, 6) is 0.703. The number of morpholine rings is 1. The molecule has 1 heterocycles. The first-order valence-corrected chi connectivity index (χ1v) is 9.56. The van der Waals surface area contributed by atoms with Crippen LogP contribution in [0.3, 0.4) is 0 Å². The number of ether oxygens (including phenoxy) is 2. The van der Waals surface area contributed by atoms with Gasteiger partial charge in [-0.1, -0.05) is 29.8 Å². The smallest absolute Gasteiger partial charge is 0.251 e. The number of nitrogens with one attached hydrogen (secondary N) is 1. The summed E-state index contributed by atoms with van der Waals surface area (Å²) in [6.07, 6.45) is 0. The highest BCUT2D eigenvalue weighted by molar-refractivity contribution is 5.94. The Morgan fingerprint density at radius 1 is 1.11 bits per heavy atom. The maximum Gasteiger partial charge on any atom is 0.251 e. The average molecular weight is 368 g/mol. The van der Waals surface area contributed by atoms with Gasteiger partial charge in [0.25, 0.3) is 5.91 Å². The van der Waals surface area contributed by atoms with Gasteiger partial charge in [-0.25, -0.2) is 0 Å². The molecule has 0 saturated carbocycles. The fourth-order valence-electron chi connectivity index (χ4n) is 3.19. The monoisotopic (exact) mass is 368 g/mol. The second-order valence-corrected chi connectivity index (χ2v) is 6.81. The van der Waals surface area contributed by atoms with Crippen LogP contribution in [0.5, 0.6) is 5.75 Å². The lowest BCUT2D eigenvalue weighted by molar-refractivity contribution is 0.0332. The Bertz CT molecular complexity index is 722. The second kappa shape index (κ2) is 9.53. The zero-order chi connectivity index (χ0) is 19.1. The Hall–Kier alpha value is -2.37. The molecule has 1 N–H and O–H groups in total. The standard InChI is InChI=1S/C22H28N2O3/c1-3-27-20-10-8-19(9-11-20)22(25)23-21(16-24-12-14-26-15-13-24)18-6-4-17(2)5-7-18/h4-11,21H,3,12-16H2,1-2H3,(H,23,25)/t21-/m0/s1. The van der Waals surface area contributed by atoms with Gasteiger partial charge in [0.15, 0.2) is 0 Å². The number of carbonyl (C=O) groups is 1. The van der Waals surface area contributed by atoms with E-state index in [1.54, 1.807) is 12.1 Å². The molecule has 5 heteroatoms. The Balaban J connectivity index is 1.72. The van der Waals surface area contributed by atoms with E-state index in [-0.39, 0.29) is 11.9 Å². The molecule has 1 aliphatic rings. The largest absolute Gasteiger partial charge is 0.494 e. The molecule has 0 aliphatic carbocycles. The Morgan fingerprint density at radius 2 is 1.78 bits per heavy atom. The predicted octanol–water partition coefficient (Wildman–Crippen LogP) is 3.20. The summed E-state index contributed by atoms with van der Waals surface area (Å²) in [7, 11) is 0. The van der Waals surface area contributed by atoms with Crippen molar-refractivity contribution in [2.75, 3.05) is 39.5 Å². The molecule has 2 aromatic carbocycles. The van der Waals surface area contributed by atoms with Crippen molar-refractivity contribution in [1.82, 2.24) is 10.2 Å². The van der Waals surface area contributed by atoms with E-state index in [4.69, 9.17) is 9.47 Å². The summed E-state index contributed by atoms with van der Waals surface area (Å²) in [5, 5.41) is 3.21. The van der Waals surface area contributed by atoms with Crippen molar-refractivity contribution in [1.29, 1.82) is 0 Å². The maximum absolute atomic E-state index is 12.8. The third-order valence-corrected chi connectivity index (χ3v) is 4.76. The minimum absolute atomic E-state index is 0.0669. The first-order valence-electron chi connectivity index (χ1n) is 9.56. The van der Waals surface area contributed by atoms with Gasteiger partial charge in [-0.15, -0.1) is 0 Å². The summed E-state index contributed by atoms with van der Waals surface area (Å²) in [6.45, 7) is 8.66. The van der Waals surface area contributed by atoms with Gasteiger partial charge in [0.1, 0.15) is 5.75 Å². The SMILES string of the molecule is CCOc1ccc(C(=O)N[C@@H](CN2CCOCC2)c2ccc(C)cc2)cc1. The molecule has 0 aromatic heterocycles. The molecular formula is C22H28N2O3. The first-order chi connectivity index (χ1) is 13.2. The fraction of sp³-hybridized carbons (Fsp3) is 0.409. The van der Waals surface area contributed by atoms with Crippen LogP contribution in [0.4, 0.5) is 0 Å². The van der Waals surface area contributed by atoms with E-state index >= 15 is 0 Å². The summed E-state index contributed by atoms with van der Waals surface area (Å²) >= 11 is 0. The van der Waals surface area contributed by atoms with Crippen LogP contribution >= 0.6 is 0 Å². The minimum atomic E-state index is -0.0723. The molecule has 27 heavy (non-hydrogen) atoms. The number of aryl methyl sites for hydroxylation is 1. The molecule has 0 spiro atoms. The quantitative estimate of drug-likeness (QED) is 0.815. The highest BCUT2D eigenvalue weighted by Crippen LogP contribution is 2.18. The van der Waals surface area contributed by atoms with Crippen LogP contribution in [-0.2, 0) is 4.74 Å². The molecule has 1 fully saturated rings. The van der Waals surface area contributed by atoms with Gasteiger partial charge < -0.3 is 14.8 Å². The van der Waals surface area contributed by atoms with Crippen molar-refractivity contribution in [3.05, 3.63) is 65.2 Å². The topological polar surface area (TPSA) is 50.8 Å². The van der Waals surface area contributed by atoms with Gasteiger partial charge in [0.2, 0.25) is 0 Å². The second-order valence-electron chi connectivity index (χ2n) is 6.81. The zero-order valence-corrected chi connectivity index (χ0v) is 16.1. The molecule has 1 atom stereocenters. The Morgan fingerprint density at radius 3 is 2.41 bits per heavy atom. The number of benzene rings is 2. The maximum atomic E-state index is 12.8. The highest BCUT2D eigenvalue weighted by atomic mass is 16.5. The van der Waals surface area contributed by atoms with E-state index in [1.807, 2.05) is 19.1 Å². The van der Waals surface area contributed by atoms with Crippen molar-refractivity contribution >= 4 is 5.91 Å². The lowest BCUT2D eigenvalue weighted by Crippen LogP contribution is -2.43. The highest BCUT2D eigenvalue weighted by Gasteiger charge is 2.20. The Kier molecular flexibility index (Phi) is 6.85. The fourth-order valence-corrected chi connectivity index (χ4v) is 3.19. The predicted molar refractivity (Wildman–Crippen MR) is 106 cm³/mol. The number of hydrogen-bond acceptors (Lipinski definition) is 4. The third-order valence-electron chi connectivity index (χ3n) is 4.76. The van der Waals surface area contributed by atoms with Gasteiger partial charge in [0.05, 0.1) is 25.9 Å². The minimum Gasteiger partial charge on any atom is -0.494 e.